The Labute approximate surface area is 198 Å². The molecule has 32 heavy (non-hydrogen) atoms. The lowest BCUT2D eigenvalue weighted by Gasteiger charge is -2.15. The van der Waals surface area contributed by atoms with Gasteiger partial charge >= 0.3 is 0 Å². The molecular weight excluding hydrogens is 443 g/mol. The minimum absolute atomic E-state index is 0.388. The number of aromatic amines is 1. The highest BCUT2D eigenvalue weighted by molar-refractivity contribution is 6.31. The topological polar surface area (TPSA) is 46.3 Å². The number of hydrogen-bond acceptors (Lipinski definition) is 3. The van der Waals surface area contributed by atoms with E-state index in [4.69, 9.17) is 32.7 Å². The zero-order valence-electron chi connectivity index (χ0n) is 18.0. The van der Waals surface area contributed by atoms with Crippen LogP contribution < -0.4 is 14.8 Å². The van der Waals surface area contributed by atoms with E-state index in [1.54, 1.807) is 0 Å². The number of para-hydroxylation sites is 1. The van der Waals surface area contributed by atoms with Crippen molar-refractivity contribution in [1.29, 1.82) is 0 Å². The van der Waals surface area contributed by atoms with Crippen molar-refractivity contribution in [3.8, 4) is 11.5 Å². The van der Waals surface area contributed by atoms with E-state index in [0.717, 1.165) is 24.1 Å². The van der Waals surface area contributed by atoms with Gasteiger partial charge < -0.3 is 19.8 Å². The van der Waals surface area contributed by atoms with Gasteiger partial charge in [-0.15, -0.1) is 0 Å². The van der Waals surface area contributed by atoms with E-state index in [0.29, 0.717) is 41.3 Å². The number of hydrogen-bond donors (Lipinski definition) is 2. The molecule has 0 aliphatic heterocycles. The molecule has 3 aromatic carbocycles. The molecule has 0 saturated heterocycles. The van der Waals surface area contributed by atoms with E-state index >= 15 is 0 Å². The van der Waals surface area contributed by atoms with Crippen LogP contribution in [0.4, 0.5) is 0 Å². The fraction of sp³-hybridized carbons (Fsp3) is 0.231. The SMILES string of the molecule is CCOc1cc(CNCCc2c[nH]c3ccccc23)c(Cl)cc1OCc1cccc(Cl)c1. The summed E-state index contributed by atoms with van der Waals surface area (Å²) in [7, 11) is 0. The van der Waals surface area contributed by atoms with Gasteiger partial charge in [-0.25, -0.2) is 0 Å². The zero-order valence-corrected chi connectivity index (χ0v) is 19.5. The number of fused-ring (bicyclic) bond motifs is 1. The highest BCUT2D eigenvalue weighted by Crippen LogP contribution is 2.34. The van der Waals surface area contributed by atoms with Gasteiger partial charge in [0.15, 0.2) is 11.5 Å². The first kappa shape index (κ1) is 22.5. The van der Waals surface area contributed by atoms with Crippen molar-refractivity contribution in [2.24, 2.45) is 0 Å². The third kappa shape index (κ3) is 5.57. The van der Waals surface area contributed by atoms with E-state index in [9.17, 15) is 0 Å². The van der Waals surface area contributed by atoms with E-state index in [2.05, 4.69) is 34.7 Å². The third-order valence-electron chi connectivity index (χ3n) is 5.26. The average molecular weight is 469 g/mol. The van der Waals surface area contributed by atoms with E-state index < -0.39 is 0 Å². The molecule has 1 heterocycles. The number of ether oxygens (including phenoxy) is 2. The van der Waals surface area contributed by atoms with Crippen molar-refractivity contribution >= 4 is 34.1 Å². The van der Waals surface area contributed by atoms with Gasteiger partial charge in [-0.2, -0.15) is 0 Å². The predicted molar refractivity (Wildman–Crippen MR) is 132 cm³/mol. The van der Waals surface area contributed by atoms with Crippen LogP contribution in [0, 0.1) is 0 Å². The molecule has 0 spiro atoms. The maximum absolute atomic E-state index is 6.56. The number of rotatable bonds is 10. The molecule has 0 atom stereocenters. The second-order valence-corrected chi connectivity index (χ2v) is 8.37. The third-order valence-corrected chi connectivity index (χ3v) is 5.84. The first-order valence-corrected chi connectivity index (χ1v) is 11.5. The van der Waals surface area contributed by atoms with Crippen LogP contribution in [0.25, 0.3) is 10.9 Å². The molecule has 0 aliphatic carbocycles. The maximum Gasteiger partial charge on any atom is 0.163 e. The first-order chi connectivity index (χ1) is 15.6. The van der Waals surface area contributed by atoms with Gasteiger partial charge in [0.05, 0.1) is 6.61 Å². The van der Waals surface area contributed by atoms with Crippen LogP contribution in [0.2, 0.25) is 10.0 Å². The molecule has 6 heteroatoms. The smallest absolute Gasteiger partial charge is 0.163 e. The molecule has 0 fully saturated rings. The van der Waals surface area contributed by atoms with E-state index in [1.165, 1.54) is 16.5 Å². The number of nitrogens with one attached hydrogen (secondary N) is 2. The second-order valence-electron chi connectivity index (χ2n) is 7.53. The standard InChI is InChI=1S/C26H26Cl2N2O2/c1-2-31-25-13-20(15-29-11-10-19-16-30-24-9-4-3-8-22(19)24)23(28)14-26(25)32-17-18-6-5-7-21(27)12-18/h3-9,12-14,16,29-30H,2,10-11,15,17H2,1H3. The van der Waals surface area contributed by atoms with Crippen molar-refractivity contribution in [1.82, 2.24) is 10.3 Å². The summed E-state index contributed by atoms with van der Waals surface area (Å²) < 4.78 is 11.8. The second kappa shape index (κ2) is 10.8. The number of benzene rings is 3. The average Bonchev–Trinajstić information content (AvgIpc) is 3.21. The summed E-state index contributed by atoms with van der Waals surface area (Å²) in [6.07, 6.45) is 3.01. The fourth-order valence-corrected chi connectivity index (χ4v) is 4.10. The Morgan fingerprint density at radius 2 is 1.75 bits per heavy atom. The molecule has 0 radical (unpaired) electrons. The zero-order chi connectivity index (χ0) is 22.3. The minimum Gasteiger partial charge on any atom is -0.490 e. The molecule has 4 nitrogen and oxygen atoms in total. The van der Waals surface area contributed by atoms with Gasteiger partial charge in [0.25, 0.3) is 0 Å². The Balaban J connectivity index is 1.38. The molecule has 0 unspecified atom stereocenters. The summed E-state index contributed by atoms with van der Waals surface area (Å²) in [6, 6.07) is 19.7. The Morgan fingerprint density at radius 1 is 0.906 bits per heavy atom. The van der Waals surface area contributed by atoms with E-state index in [1.807, 2.05) is 49.4 Å². The summed E-state index contributed by atoms with van der Waals surface area (Å²) in [5.74, 6) is 1.31. The normalized spacial score (nSPS) is 11.1. The highest BCUT2D eigenvalue weighted by Gasteiger charge is 2.12. The Hall–Kier alpha value is -2.66. The van der Waals surface area contributed by atoms with Gasteiger partial charge in [-0.05, 0) is 60.8 Å². The molecule has 4 aromatic rings. The van der Waals surface area contributed by atoms with Crippen molar-refractivity contribution < 1.29 is 9.47 Å². The lowest BCUT2D eigenvalue weighted by molar-refractivity contribution is 0.269. The molecule has 1 aromatic heterocycles. The number of H-pyrrole nitrogens is 1. The fourth-order valence-electron chi connectivity index (χ4n) is 3.67. The monoisotopic (exact) mass is 468 g/mol. The van der Waals surface area contributed by atoms with Gasteiger partial charge in [0.2, 0.25) is 0 Å². The van der Waals surface area contributed by atoms with Crippen LogP contribution in [0.1, 0.15) is 23.6 Å². The quantitative estimate of drug-likeness (QED) is 0.252. The maximum atomic E-state index is 6.56. The van der Waals surface area contributed by atoms with Crippen molar-refractivity contribution in [3.63, 3.8) is 0 Å². The van der Waals surface area contributed by atoms with Crippen LogP contribution in [0.3, 0.4) is 0 Å². The van der Waals surface area contributed by atoms with E-state index in [-0.39, 0.29) is 0 Å². The molecule has 166 valence electrons. The largest absolute Gasteiger partial charge is 0.490 e. The van der Waals surface area contributed by atoms with Gasteiger partial charge in [0, 0.05) is 39.8 Å². The predicted octanol–water partition coefficient (Wildman–Crippen LogP) is 6.78. The van der Waals surface area contributed by atoms with Crippen LogP contribution in [-0.2, 0) is 19.6 Å². The highest BCUT2D eigenvalue weighted by atomic mass is 35.5. The summed E-state index contributed by atoms with van der Waals surface area (Å²) >= 11 is 12.6. The minimum atomic E-state index is 0.388. The summed E-state index contributed by atoms with van der Waals surface area (Å²) in [4.78, 5) is 3.32. The number of halogens is 2. The lowest BCUT2D eigenvalue weighted by Crippen LogP contribution is -2.17. The molecule has 2 N–H and O–H groups in total. The summed E-state index contributed by atoms with van der Waals surface area (Å²) in [5, 5.41) is 6.09. The molecule has 4 rings (SSSR count). The summed E-state index contributed by atoms with van der Waals surface area (Å²) in [5.41, 5.74) is 4.43. The van der Waals surface area contributed by atoms with Crippen molar-refractivity contribution in [2.45, 2.75) is 26.5 Å². The van der Waals surface area contributed by atoms with Gasteiger partial charge in [0.1, 0.15) is 6.61 Å². The van der Waals surface area contributed by atoms with Crippen LogP contribution in [0.15, 0.2) is 66.9 Å². The molecular formula is C26H26Cl2N2O2. The Morgan fingerprint density at radius 3 is 2.59 bits per heavy atom. The Kier molecular flexibility index (Phi) is 7.59. The lowest BCUT2D eigenvalue weighted by atomic mass is 10.1. The van der Waals surface area contributed by atoms with Crippen molar-refractivity contribution in [3.05, 3.63) is 93.6 Å². The van der Waals surface area contributed by atoms with Crippen molar-refractivity contribution in [2.75, 3.05) is 13.2 Å². The Bertz CT molecular complexity index is 1190. The summed E-state index contributed by atoms with van der Waals surface area (Å²) in [6.45, 7) is 4.38. The van der Waals surface area contributed by atoms with Crippen LogP contribution in [-0.4, -0.2) is 18.1 Å². The van der Waals surface area contributed by atoms with Crippen LogP contribution in [0.5, 0.6) is 11.5 Å². The van der Waals surface area contributed by atoms with Crippen LogP contribution >= 0.6 is 23.2 Å². The molecule has 0 bridgehead atoms. The molecule has 0 saturated carbocycles. The molecule has 0 aliphatic rings. The van der Waals surface area contributed by atoms with Gasteiger partial charge in [-0.3, -0.25) is 0 Å². The van der Waals surface area contributed by atoms with Gasteiger partial charge in [-0.1, -0.05) is 53.5 Å². The molecule has 0 amide bonds. The number of aromatic nitrogens is 1. The first-order valence-electron chi connectivity index (χ1n) is 10.7.